The van der Waals surface area contributed by atoms with Crippen molar-refractivity contribution < 1.29 is 9.59 Å². The monoisotopic (exact) mass is 196 g/mol. The van der Waals surface area contributed by atoms with Gasteiger partial charge in [0.25, 0.3) is 0 Å². The molecule has 0 spiro atoms. The lowest BCUT2D eigenvalue weighted by Gasteiger charge is -2.22. The van der Waals surface area contributed by atoms with Gasteiger partial charge in [-0.1, -0.05) is 19.4 Å². The van der Waals surface area contributed by atoms with Gasteiger partial charge in [-0.2, -0.15) is 0 Å². The molecule has 0 aromatic heterocycles. The van der Waals surface area contributed by atoms with Gasteiger partial charge in [0.1, 0.15) is 5.78 Å². The zero-order chi connectivity index (χ0) is 11.5. The molecule has 0 radical (unpaired) electrons. The molecular weight excluding hydrogens is 176 g/mol. The Labute approximate surface area is 86.4 Å². The summed E-state index contributed by atoms with van der Waals surface area (Å²) in [6.07, 6.45) is 0.660. The third-order valence-corrected chi connectivity index (χ3v) is 2.83. The van der Waals surface area contributed by atoms with Crippen molar-refractivity contribution in [2.75, 3.05) is 0 Å². The van der Waals surface area contributed by atoms with Crippen molar-refractivity contribution in [1.29, 1.82) is 0 Å². The van der Waals surface area contributed by atoms with Crippen LogP contribution >= 0.6 is 0 Å². The highest BCUT2D eigenvalue weighted by atomic mass is 16.1. The second kappa shape index (κ2) is 4.54. The van der Waals surface area contributed by atoms with Gasteiger partial charge >= 0.3 is 0 Å². The lowest BCUT2D eigenvalue weighted by atomic mass is 9.81. The van der Waals surface area contributed by atoms with Crippen molar-refractivity contribution in [3.05, 3.63) is 11.1 Å². The molecule has 0 saturated heterocycles. The van der Waals surface area contributed by atoms with E-state index in [1.807, 2.05) is 27.7 Å². The van der Waals surface area contributed by atoms with Crippen molar-refractivity contribution in [3.8, 4) is 0 Å². The highest BCUT2D eigenvalue weighted by Gasteiger charge is 2.24. The van der Waals surface area contributed by atoms with E-state index < -0.39 is 0 Å². The SMILES string of the molecule is CC(=O)/C(C)=C(/C)CC(C)(C)C(C)=O. The van der Waals surface area contributed by atoms with Crippen LogP contribution in [0.25, 0.3) is 0 Å². The van der Waals surface area contributed by atoms with Crippen LogP contribution in [-0.4, -0.2) is 11.6 Å². The first-order chi connectivity index (χ1) is 6.18. The van der Waals surface area contributed by atoms with Gasteiger partial charge in [-0.25, -0.2) is 0 Å². The van der Waals surface area contributed by atoms with Crippen LogP contribution in [0.3, 0.4) is 0 Å². The quantitative estimate of drug-likeness (QED) is 0.648. The van der Waals surface area contributed by atoms with Crippen LogP contribution in [-0.2, 0) is 9.59 Å². The Morgan fingerprint density at radius 3 is 1.71 bits per heavy atom. The molecule has 2 heteroatoms. The van der Waals surface area contributed by atoms with E-state index in [1.165, 1.54) is 0 Å². The fourth-order valence-corrected chi connectivity index (χ4v) is 1.22. The Morgan fingerprint density at radius 2 is 1.43 bits per heavy atom. The molecule has 0 N–H and O–H groups in total. The van der Waals surface area contributed by atoms with E-state index in [-0.39, 0.29) is 17.0 Å². The minimum absolute atomic E-state index is 0.0850. The first-order valence-corrected chi connectivity index (χ1v) is 4.87. The Bertz CT molecular complexity index is 283. The molecule has 0 atom stereocenters. The lowest BCUT2D eigenvalue weighted by Crippen LogP contribution is -2.22. The number of allylic oxidation sites excluding steroid dienone is 2. The van der Waals surface area contributed by atoms with E-state index in [2.05, 4.69) is 0 Å². The van der Waals surface area contributed by atoms with E-state index in [0.29, 0.717) is 6.42 Å². The summed E-state index contributed by atoms with van der Waals surface area (Å²) in [5.74, 6) is 0.245. The minimum atomic E-state index is -0.360. The van der Waals surface area contributed by atoms with Crippen molar-refractivity contribution in [2.45, 2.75) is 48.0 Å². The van der Waals surface area contributed by atoms with Gasteiger partial charge in [0.15, 0.2) is 5.78 Å². The average molecular weight is 196 g/mol. The molecule has 0 aromatic carbocycles. The molecule has 0 rings (SSSR count). The van der Waals surface area contributed by atoms with Gasteiger partial charge in [-0.05, 0) is 39.7 Å². The Kier molecular flexibility index (Phi) is 4.24. The molecule has 0 aromatic rings. The number of rotatable bonds is 4. The number of carbonyl (C=O) groups is 2. The summed E-state index contributed by atoms with van der Waals surface area (Å²) in [6, 6.07) is 0. The maximum absolute atomic E-state index is 11.3. The first-order valence-electron chi connectivity index (χ1n) is 4.87. The second-order valence-electron chi connectivity index (χ2n) is 4.58. The predicted molar refractivity (Wildman–Crippen MR) is 58.1 cm³/mol. The summed E-state index contributed by atoms with van der Waals surface area (Å²) < 4.78 is 0. The molecule has 0 aliphatic heterocycles. The summed E-state index contributed by atoms with van der Waals surface area (Å²) in [5.41, 5.74) is 1.43. The number of Topliss-reactive ketones (excluding diaryl/α,β-unsaturated/α-hetero) is 2. The zero-order valence-corrected chi connectivity index (χ0v) is 10.0. The smallest absolute Gasteiger partial charge is 0.155 e. The summed E-state index contributed by atoms with van der Waals surface area (Å²) in [5, 5.41) is 0. The Hall–Kier alpha value is -0.920. The number of hydrogen-bond acceptors (Lipinski definition) is 2. The maximum Gasteiger partial charge on any atom is 0.155 e. The van der Waals surface area contributed by atoms with Crippen molar-refractivity contribution in [3.63, 3.8) is 0 Å². The summed E-state index contributed by atoms with van der Waals surface area (Å²) in [7, 11) is 0. The third-order valence-electron chi connectivity index (χ3n) is 2.83. The van der Waals surface area contributed by atoms with Gasteiger partial charge in [-0.15, -0.1) is 0 Å². The molecule has 0 fully saturated rings. The maximum atomic E-state index is 11.3. The van der Waals surface area contributed by atoms with Crippen molar-refractivity contribution in [2.24, 2.45) is 5.41 Å². The van der Waals surface area contributed by atoms with Gasteiger partial charge in [0.05, 0.1) is 0 Å². The van der Waals surface area contributed by atoms with Crippen LogP contribution in [0.1, 0.15) is 48.0 Å². The molecule has 0 saturated carbocycles. The van der Waals surface area contributed by atoms with E-state index in [9.17, 15) is 9.59 Å². The van der Waals surface area contributed by atoms with Crippen molar-refractivity contribution in [1.82, 2.24) is 0 Å². The lowest BCUT2D eigenvalue weighted by molar-refractivity contribution is -0.124. The van der Waals surface area contributed by atoms with Gasteiger partial charge in [-0.3, -0.25) is 9.59 Å². The van der Waals surface area contributed by atoms with Gasteiger partial charge < -0.3 is 0 Å². The molecule has 0 aliphatic rings. The van der Waals surface area contributed by atoms with E-state index in [0.717, 1.165) is 11.1 Å². The molecular formula is C12H20O2. The molecule has 0 unspecified atom stereocenters. The molecule has 0 heterocycles. The zero-order valence-electron chi connectivity index (χ0n) is 10.0. The standard InChI is InChI=1S/C12H20O2/c1-8(9(2)10(3)13)7-12(5,6)11(4)14/h7H2,1-6H3/b9-8-. The number of carbonyl (C=O) groups excluding carboxylic acids is 2. The normalized spacial score (nSPS) is 13.6. The third kappa shape index (κ3) is 3.44. The predicted octanol–water partition coefficient (Wildman–Crippen LogP) is 2.92. The Balaban J connectivity index is 4.78. The number of hydrogen-bond donors (Lipinski definition) is 0. The second-order valence-corrected chi connectivity index (χ2v) is 4.58. The Morgan fingerprint density at radius 1 is 1.00 bits per heavy atom. The first kappa shape index (κ1) is 13.1. The average Bonchev–Trinajstić information content (AvgIpc) is 2.01. The van der Waals surface area contributed by atoms with Crippen LogP contribution in [0.4, 0.5) is 0 Å². The number of ketones is 2. The highest BCUT2D eigenvalue weighted by molar-refractivity contribution is 5.93. The molecule has 0 amide bonds. The summed E-state index contributed by atoms with van der Waals surface area (Å²) in [4.78, 5) is 22.4. The molecule has 80 valence electrons. The van der Waals surface area contributed by atoms with E-state index in [4.69, 9.17) is 0 Å². The van der Waals surface area contributed by atoms with E-state index >= 15 is 0 Å². The fourth-order valence-electron chi connectivity index (χ4n) is 1.22. The van der Waals surface area contributed by atoms with Crippen LogP contribution in [0, 0.1) is 5.41 Å². The van der Waals surface area contributed by atoms with Gasteiger partial charge in [0, 0.05) is 5.41 Å². The van der Waals surface area contributed by atoms with Crippen LogP contribution < -0.4 is 0 Å². The van der Waals surface area contributed by atoms with Crippen LogP contribution in [0.5, 0.6) is 0 Å². The van der Waals surface area contributed by atoms with Crippen LogP contribution in [0.15, 0.2) is 11.1 Å². The largest absolute Gasteiger partial charge is 0.299 e. The fraction of sp³-hybridized carbons (Fsp3) is 0.667. The van der Waals surface area contributed by atoms with Crippen molar-refractivity contribution >= 4 is 11.6 Å². The summed E-state index contributed by atoms with van der Waals surface area (Å²) >= 11 is 0. The molecule has 0 aliphatic carbocycles. The highest BCUT2D eigenvalue weighted by Crippen LogP contribution is 2.27. The van der Waals surface area contributed by atoms with Crippen LogP contribution in [0.2, 0.25) is 0 Å². The van der Waals surface area contributed by atoms with Gasteiger partial charge in [0.2, 0.25) is 0 Å². The molecule has 0 bridgehead atoms. The van der Waals surface area contributed by atoms with E-state index in [1.54, 1.807) is 13.8 Å². The molecule has 2 nitrogen and oxygen atoms in total. The summed E-state index contributed by atoms with van der Waals surface area (Å²) in [6.45, 7) is 10.7. The molecule has 14 heavy (non-hydrogen) atoms. The topological polar surface area (TPSA) is 34.1 Å². The minimum Gasteiger partial charge on any atom is -0.299 e.